The van der Waals surface area contributed by atoms with Gasteiger partial charge in [0.2, 0.25) is 0 Å². The number of nitrogens with zero attached hydrogens (tertiary/aromatic N) is 2. The van der Waals surface area contributed by atoms with E-state index in [1.807, 2.05) is 13.8 Å². The Morgan fingerprint density at radius 2 is 2.11 bits per heavy atom. The van der Waals surface area contributed by atoms with Gasteiger partial charge in [-0.05, 0) is 26.2 Å². The third kappa shape index (κ3) is 2.83. The number of morpholine rings is 1. The Balaban J connectivity index is 2.10. The highest BCUT2D eigenvalue weighted by molar-refractivity contribution is 5.83. The quantitative estimate of drug-likeness (QED) is 0.817. The van der Waals surface area contributed by atoms with Gasteiger partial charge in [-0.3, -0.25) is 0 Å². The molecule has 2 amide bonds. The molecule has 2 heterocycles. The van der Waals surface area contributed by atoms with Crippen LogP contribution in [0.5, 0.6) is 0 Å². The standard InChI is InChI=1S/C13H22N2O4/c1-3-10-8-19-9(2)7-15(10)13(18)14-6-4-5-11(14)12(16)17/h9-11H,3-8H2,1-2H3,(H,16,17). The summed E-state index contributed by atoms with van der Waals surface area (Å²) in [5, 5.41) is 9.17. The maximum atomic E-state index is 12.6. The van der Waals surface area contributed by atoms with E-state index < -0.39 is 12.0 Å². The first-order chi connectivity index (χ1) is 9.04. The van der Waals surface area contributed by atoms with Gasteiger partial charge in [0.25, 0.3) is 0 Å². The molecule has 0 saturated carbocycles. The van der Waals surface area contributed by atoms with Crippen molar-refractivity contribution in [2.24, 2.45) is 0 Å². The molecule has 0 aromatic rings. The number of urea groups is 1. The summed E-state index contributed by atoms with van der Waals surface area (Å²) in [7, 11) is 0. The normalized spacial score (nSPS) is 31.6. The van der Waals surface area contributed by atoms with Crippen molar-refractivity contribution in [1.82, 2.24) is 9.80 Å². The molecule has 2 fully saturated rings. The lowest BCUT2D eigenvalue weighted by Gasteiger charge is -2.40. The molecule has 0 spiro atoms. The van der Waals surface area contributed by atoms with Gasteiger partial charge in [0.1, 0.15) is 6.04 Å². The van der Waals surface area contributed by atoms with Crippen LogP contribution in [0.25, 0.3) is 0 Å². The van der Waals surface area contributed by atoms with Gasteiger partial charge < -0.3 is 19.6 Å². The second kappa shape index (κ2) is 5.77. The smallest absolute Gasteiger partial charge is 0.326 e. The Labute approximate surface area is 113 Å². The molecule has 0 aromatic heterocycles. The summed E-state index contributed by atoms with van der Waals surface area (Å²) >= 11 is 0. The molecule has 108 valence electrons. The van der Waals surface area contributed by atoms with Gasteiger partial charge in [0, 0.05) is 13.1 Å². The highest BCUT2D eigenvalue weighted by atomic mass is 16.5. The molecule has 3 unspecified atom stereocenters. The number of carboxylic acids is 1. The molecule has 2 aliphatic rings. The Bertz CT molecular complexity index is 361. The lowest BCUT2D eigenvalue weighted by Crippen LogP contribution is -2.57. The summed E-state index contributed by atoms with van der Waals surface area (Å²) in [5.41, 5.74) is 0. The maximum Gasteiger partial charge on any atom is 0.326 e. The van der Waals surface area contributed by atoms with E-state index in [1.54, 1.807) is 4.90 Å². The van der Waals surface area contributed by atoms with Crippen LogP contribution in [0.1, 0.15) is 33.1 Å². The van der Waals surface area contributed by atoms with Crippen molar-refractivity contribution in [2.45, 2.75) is 51.3 Å². The van der Waals surface area contributed by atoms with Gasteiger partial charge in [0.15, 0.2) is 0 Å². The molecular weight excluding hydrogens is 248 g/mol. The average Bonchev–Trinajstić information content (AvgIpc) is 2.87. The maximum absolute atomic E-state index is 12.6. The Morgan fingerprint density at radius 1 is 1.37 bits per heavy atom. The second-order valence-electron chi connectivity index (χ2n) is 5.33. The van der Waals surface area contributed by atoms with E-state index in [9.17, 15) is 9.59 Å². The fourth-order valence-corrected chi connectivity index (χ4v) is 2.83. The first-order valence-electron chi connectivity index (χ1n) is 6.96. The van der Waals surface area contributed by atoms with Crippen molar-refractivity contribution in [3.63, 3.8) is 0 Å². The van der Waals surface area contributed by atoms with Gasteiger partial charge >= 0.3 is 12.0 Å². The van der Waals surface area contributed by atoms with Crippen molar-refractivity contribution in [3.05, 3.63) is 0 Å². The van der Waals surface area contributed by atoms with Crippen molar-refractivity contribution in [2.75, 3.05) is 19.7 Å². The molecule has 0 bridgehead atoms. The van der Waals surface area contributed by atoms with Crippen molar-refractivity contribution < 1.29 is 19.4 Å². The summed E-state index contributed by atoms with van der Waals surface area (Å²) in [4.78, 5) is 27.0. The van der Waals surface area contributed by atoms with E-state index in [0.29, 0.717) is 26.1 Å². The largest absolute Gasteiger partial charge is 0.480 e. The van der Waals surface area contributed by atoms with E-state index in [4.69, 9.17) is 9.84 Å². The fourth-order valence-electron chi connectivity index (χ4n) is 2.83. The third-order valence-electron chi connectivity index (χ3n) is 3.97. The van der Waals surface area contributed by atoms with Gasteiger partial charge in [-0.1, -0.05) is 6.92 Å². The summed E-state index contributed by atoms with van der Waals surface area (Å²) in [6.07, 6.45) is 2.15. The van der Waals surface area contributed by atoms with Gasteiger partial charge in [0.05, 0.1) is 18.8 Å². The summed E-state index contributed by atoms with van der Waals surface area (Å²) in [6.45, 7) is 5.57. The Morgan fingerprint density at radius 3 is 2.74 bits per heavy atom. The first kappa shape index (κ1) is 14.1. The van der Waals surface area contributed by atoms with E-state index in [-0.39, 0.29) is 18.2 Å². The van der Waals surface area contributed by atoms with E-state index in [0.717, 1.165) is 12.8 Å². The molecule has 3 atom stereocenters. The molecular formula is C13H22N2O4. The van der Waals surface area contributed by atoms with Crippen LogP contribution in [-0.4, -0.2) is 64.8 Å². The van der Waals surface area contributed by atoms with Gasteiger partial charge in [-0.15, -0.1) is 0 Å². The fraction of sp³-hybridized carbons (Fsp3) is 0.846. The highest BCUT2D eigenvalue weighted by Gasteiger charge is 2.39. The second-order valence-corrected chi connectivity index (χ2v) is 5.33. The van der Waals surface area contributed by atoms with Crippen LogP contribution in [0.15, 0.2) is 0 Å². The molecule has 2 aliphatic heterocycles. The van der Waals surface area contributed by atoms with Gasteiger partial charge in [-0.2, -0.15) is 0 Å². The van der Waals surface area contributed by atoms with Crippen LogP contribution in [-0.2, 0) is 9.53 Å². The van der Waals surface area contributed by atoms with Crippen LogP contribution in [0.4, 0.5) is 4.79 Å². The summed E-state index contributed by atoms with van der Waals surface area (Å²) in [5.74, 6) is -0.903. The molecule has 2 rings (SSSR count). The average molecular weight is 270 g/mol. The van der Waals surface area contributed by atoms with Crippen molar-refractivity contribution in [1.29, 1.82) is 0 Å². The molecule has 0 aromatic carbocycles. The predicted octanol–water partition coefficient (Wildman–Crippen LogP) is 1.15. The van der Waals surface area contributed by atoms with Crippen molar-refractivity contribution in [3.8, 4) is 0 Å². The summed E-state index contributed by atoms with van der Waals surface area (Å²) in [6, 6.07) is -0.756. The van der Waals surface area contributed by atoms with E-state index in [1.165, 1.54) is 4.90 Å². The molecule has 6 heteroatoms. The summed E-state index contributed by atoms with van der Waals surface area (Å²) < 4.78 is 5.57. The zero-order chi connectivity index (χ0) is 14.0. The number of carboxylic acid groups (broad SMARTS) is 1. The topological polar surface area (TPSA) is 70.1 Å². The molecule has 6 nitrogen and oxygen atoms in total. The minimum atomic E-state index is -0.903. The highest BCUT2D eigenvalue weighted by Crippen LogP contribution is 2.23. The van der Waals surface area contributed by atoms with Gasteiger partial charge in [-0.25, -0.2) is 9.59 Å². The predicted molar refractivity (Wildman–Crippen MR) is 69.0 cm³/mol. The number of carbonyl (C=O) groups excluding carboxylic acids is 1. The minimum Gasteiger partial charge on any atom is -0.480 e. The third-order valence-corrected chi connectivity index (χ3v) is 3.97. The number of amides is 2. The van der Waals surface area contributed by atoms with E-state index >= 15 is 0 Å². The van der Waals surface area contributed by atoms with Crippen LogP contribution in [0.2, 0.25) is 0 Å². The number of carbonyl (C=O) groups is 2. The minimum absolute atomic E-state index is 0.0117. The first-order valence-corrected chi connectivity index (χ1v) is 6.96. The Hall–Kier alpha value is -1.30. The van der Waals surface area contributed by atoms with Crippen LogP contribution >= 0.6 is 0 Å². The van der Waals surface area contributed by atoms with Crippen LogP contribution in [0.3, 0.4) is 0 Å². The van der Waals surface area contributed by atoms with Crippen molar-refractivity contribution >= 4 is 12.0 Å². The number of aliphatic carboxylic acids is 1. The lowest BCUT2D eigenvalue weighted by molar-refractivity contribution is -0.141. The SMILES string of the molecule is CCC1COC(C)CN1C(=O)N1CCCC1C(=O)O. The lowest BCUT2D eigenvalue weighted by atomic mass is 10.1. The monoisotopic (exact) mass is 270 g/mol. The number of rotatable bonds is 2. The van der Waals surface area contributed by atoms with Crippen LogP contribution in [0, 0.1) is 0 Å². The molecule has 19 heavy (non-hydrogen) atoms. The molecule has 2 saturated heterocycles. The number of hydrogen-bond acceptors (Lipinski definition) is 3. The molecule has 1 N–H and O–H groups in total. The number of hydrogen-bond donors (Lipinski definition) is 1. The number of ether oxygens (including phenoxy) is 1. The molecule has 0 aliphatic carbocycles. The zero-order valence-electron chi connectivity index (χ0n) is 11.5. The Kier molecular flexibility index (Phi) is 4.29. The number of likely N-dealkylation sites (tertiary alicyclic amines) is 1. The zero-order valence-corrected chi connectivity index (χ0v) is 11.5. The van der Waals surface area contributed by atoms with E-state index in [2.05, 4.69) is 0 Å². The van der Waals surface area contributed by atoms with Crippen LogP contribution < -0.4 is 0 Å². The molecule has 0 radical (unpaired) electrons.